The van der Waals surface area contributed by atoms with Gasteiger partial charge in [0.25, 0.3) is 0 Å². The smallest absolute Gasteiger partial charge is 0.326 e. The predicted molar refractivity (Wildman–Crippen MR) is 237 cm³/mol. The summed E-state index contributed by atoms with van der Waals surface area (Å²) in [6.45, 7) is 5.44. The normalized spacial score (nSPS) is 17.0. The van der Waals surface area contributed by atoms with Crippen molar-refractivity contribution in [3.05, 3.63) is 137 Å². The SMILES string of the molecule is CCOC(=O)[C@H](CCc1ccccc1)N[C@@H](C)C(=O)N1Cc2ccccc2C[C@H]1C(=O)O.CCOC(=O)[C@H](CCc1ccccc1)N[C@H]1CCc2ccccc2N(CC(=O)O)C1=O. The van der Waals surface area contributed by atoms with Crippen LogP contribution in [0.2, 0.25) is 0 Å². The second-order valence-corrected chi connectivity index (χ2v) is 15.5. The molecule has 5 atom stereocenters. The first-order valence-electron chi connectivity index (χ1n) is 21.5. The van der Waals surface area contributed by atoms with Crippen LogP contribution in [0.5, 0.6) is 0 Å². The molecule has 0 saturated carbocycles. The number of benzene rings is 4. The van der Waals surface area contributed by atoms with Crippen molar-refractivity contribution in [2.45, 2.75) is 102 Å². The quantitative estimate of drug-likeness (QED) is 0.0966. The number of carboxylic acids is 2. The molecular weight excluding hydrogens is 805 g/mol. The van der Waals surface area contributed by atoms with Gasteiger partial charge < -0.3 is 24.6 Å². The van der Waals surface area contributed by atoms with E-state index in [0.29, 0.717) is 44.2 Å². The molecule has 0 radical (unpaired) electrons. The highest BCUT2D eigenvalue weighted by Crippen LogP contribution is 2.28. The molecule has 6 rings (SSSR count). The Balaban J connectivity index is 0.000000238. The molecule has 14 heteroatoms. The number of fused-ring (bicyclic) bond motifs is 2. The number of carbonyl (C=O) groups is 6. The Kier molecular flexibility index (Phi) is 18.0. The minimum absolute atomic E-state index is 0.228. The van der Waals surface area contributed by atoms with Crippen molar-refractivity contribution in [2.75, 3.05) is 24.7 Å². The minimum atomic E-state index is -1.09. The number of para-hydroxylation sites is 1. The Morgan fingerprint density at radius 1 is 0.714 bits per heavy atom. The van der Waals surface area contributed by atoms with Crippen molar-refractivity contribution < 1.29 is 48.5 Å². The Morgan fingerprint density at radius 3 is 1.81 bits per heavy atom. The number of nitrogens with zero attached hydrogens (tertiary/aromatic N) is 2. The number of rotatable bonds is 18. The van der Waals surface area contributed by atoms with E-state index < -0.39 is 60.6 Å². The molecule has 63 heavy (non-hydrogen) atoms. The Morgan fingerprint density at radius 2 is 1.24 bits per heavy atom. The van der Waals surface area contributed by atoms with E-state index in [1.165, 1.54) is 9.80 Å². The average molecular weight is 863 g/mol. The van der Waals surface area contributed by atoms with Crippen LogP contribution in [0.4, 0.5) is 5.69 Å². The molecule has 4 N–H and O–H groups in total. The summed E-state index contributed by atoms with van der Waals surface area (Å²) in [4.78, 5) is 77.7. The third-order valence-electron chi connectivity index (χ3n) is 11.2. The number of aryl methyl sites for hydroxylation is 3. The topological polar surface area (TPSA) is 192 Å². The number of hydrogen-bond donors (Lipinski definition) is 4. The van der Waals surface area contributed by atoms with Crippen LogP contribution in [-0.4, -0.2) is 101 Å². The van der Waals surface area contributed by atoms with Gasteiger partial charge in [0.05, 0.1) is 25.3 Å². The number of anilines is 1. The van der Waals surface area contributed by atoms with Gasteiger partial charge in [-0.25, -0.2) is 4.79 Å². The van der Waals surface area contributed by atoms with E-state index in [1.54, 1.807) is 32.9 Å². The van der Waals surface area contributed by atoms with E-state index in [-0.39, 0.29) is 38.0 Å². The molecule has 0 fully saturated rings. The van der Waals surface area contributed by atoms with Crippen molar-refractivity contribution in [1.82, 2.24) is 15.5 Å². The van der Waals surface area contributed by atoms with E-state index in [2.05, 4.69) is 10.6 Å². The standard InChI is InChI=1S/C25H30N2O5.C24H28N2O5/c1-3-32-25(31)21(14-13-18-9-5-4-6-10-18)26-17(2)23(28)27-16-20-12-8-7-11-19(20)15-22(27)24(29)30;1-2-31-24(30)20(14-12-17-8-4-3-5-9-17)25-19-15-13-18-10-6-7-11-21(18)26(23(19)29)16-22(27)28/h4-12,17,21-22,26H,3,13-16H2,1-2H3,(H,29,30);3-11,19-20,25H,2,12-16H2,1H3,(H,27,28)/t17-,21-,22-;19-,20-/m00/s1. The largest absolute Gasteiger partial charge is 0.480 e. The van der Waals surface area contributed by atoms with Crippen LogP contribution in [0.25, 0.3) is 0 Å². The van der Waals surface area contributed by atoms with Gasteiger partial charge in [-0.2, -0.15) is 0 Å². The number of aliphatic carboxylic acids is 2. The Labute approximate surface area is 368 Å². The summed E-state index contributed by atoms with van der Waals surface area (Å²) < 4.78 is 10.4. The van der Waals surface area contributed by atoms with Crippen molar-refractivity contribution in [3.63, 3.8) is 0 Å². The van der Waals surface area contributed by atoms with Gasteiger partial charge in [-0.3, -0.25) is 39.5 Å². The summed E-state index contributed by atoms with van der Waals surface area (Å²) in [7, 11) is 0. The number of ether oxygens (including phenoxy) is 2. The van der Waals surface area contributed by atoms with Crippen LogP contribution in [0.15, 0.2) is 109 Å². The van der Waals surface area contributed by atoms with Crippen molar-refractivity contribution >= 4 is 41.4 Å². The van der Waals surface area contributed by atoms with Crippen LogP contribution in [0, 0.1) is 0 Å². The highest BCUT2D eigenvalue weighted by Gasteiger charge is 2.38. The molecule has 0 unspecified atom stereocenters. The number of carboxylic acid groups (broad SMARTS) is 2. The number of esters is 2. The van der Waals surface area contributed by atoms with Gasteiger partial charge in [-0.05, 0) is 93.2 Å². The number of carbonyl (C=O) groups excluding carboxylic acids is 4. The minimum Gasteiger partial charge on any atom is -0.480 e. The summed E-state index contributed by atoms with van der Waals surface area (Å²) in [6, 6.07) is 30.8. The van der Waals surface area contributed by atoms with Crippen LogP contribution in [0.3, 0.4) is 0 Å². The van der Waals surface area contributed by atoms with Gasteiger partial charge in [0.1, 0.15) is 24.7 Å². The molecule has 2 heterocycles. The van der Waals surface area contributed by atoms with Gasteiger partial charge in [-0.15, -0.1) is 0 Å². The highest BCUT2D eigenvalue weighted by atomic mass is 16.5. The third kappa shape index (κ3) is 13.6. The fourth-order valence-corrected chi connectivity index (χ4v) is 7.94. The van der Waals surface area contributed by atoms with Gasteiger partial charge in [0, 0.05) is 18.7 Å². The molecular formula is C49H58N4O10. The highest BCUT2D eigenvalue weighted by molar-refractivity contribution is 6.02. The fourth-order valence-electron chi connectivity index (χ4n) is 7.94. The molecule has 0 spiro atoms. The first-order chi connectivity index (χ1) is 30.4. The van der Waals surface area contributed by atoms with Gasteiger partial charge in [0.15, 0.2) is 0 Å². The molecule has 334 valence electrons. The summed E-state index contributed by atoms with van der Waals surface area (Å²) in [5.41, 5.74) is 5.58. The first-order valence-corrected chi connectivity index (χ1v) is 21.5. The lowest BCUT2D eigenvalue weighted by Gasteiger charge is -2.36. The molecule has 0 aromatic heterocycles. The third-order valence-corrected chi connectivity index (χ3v) is 11.2. The maximum Gasteiger partial charge on any atom is 0.326 e. The van der Waals surface area contributed by atoms with Gasteiger partial charge >= 0.3 is 23.9 Å². The van der Waals surface area contributed by atoms with E-state index in [4.69, 9.17) is 9.47 Å². The molecule has 4 aromatic carbocycles. The molecule has 0 bridgehead atoms. The maximum atomic E-state index is 13.3. The van der Waals surface area contributed by atoms with Crippen LogP contribution >= 0.6 is 0 Å². The van der Waals surface area contributed by atoms with Gasteiger partial charge in [-0.1, -0.05) is 103 Å². The first kappa shape index (κ1) is 47.7. The molecule has 0 aliphatic carbocycles. The van der Waals surface area contributed by atoms with Crippen LogP contribution in [0.1, 0.15) is 67.9 Å². The second-order valence-electron chi connectivity index (χ2n) is 15.5. The van der Waals surface area contributed by atoms with E-state index in [0.717, 1.165) is 27.8 Å². The average Bonchev–Trinajstić information content (AvgIpc) is 3.41. The van der Waals surface area contributed by atoms with E-state index >= 15 is 0 Å². The van der Waals surface area contributed by atoms with Crippen LogP contribution < -0.4 is 15.5 Å². The van der Waals surface area contributed by atoms with Crippen LogP contribution in [-0.2, 0) is 70.5 Å². The van der Waals surface area contributed by atoms with Crippen molar-refractivity contribution in [3.8, 4) is 0 Å². The van der Waals surface area contributed by atoms with Gasteiger partial charge in [0.2, 0.25) is 11.8 Å². The molecule has 2 aliphatic heterocycles. The van der Waals surface area contributed by atoms with Crippen molar-refractivity contribution in [1.29, 1.82) is 0 Å². The lowest BCUT2D eigenvalue weighted by molar-refractivity contribution is -0.153. The molecule has 14 nitrogen and oxygen atoms in total. The molecule has 4 aromatic rings. The Bertz CT molecular complexity index is 2170. The fraction of sp³-hybridized carbons (Fsp3) is 0.388. The maximum absolute atomic E-state index is 13.3. The van der Waals surface area contributed by atoms with Crippen molar-refractivity contribution in [2.24, 2.45) is 0 Å². The summed E-state index contributed by atoms with van der Waals surface area (Å²) in [5, 5.41) is 25.3. The van der Waals surface area contributed by atoms with E-state index in [9.17, 15) is 39.0 Å². The zero-order valence-electron chi connectivity index (χ0n) is 36.1. The number of amides is 2. The van der Waals surface area contributed by atoms with E-state index in [1.807, 2.05) is 97.1 Å². The summed E-state index contributed by atoms with van der Waals surface area (Å²) in [5.74, 6) is -3.64. The Hall–Kier alpha value is -6.38. The summed E-state index contributed by atoms with van der Waals surface area (Å²) >= 11 is 0. The molecule has 0 saturated heterocycles. The number of nitrogens with one attached hydrogen (secondary N) is 2. The summed E-state index contributed by atoms with van der Waals surface area (Å²) in [6.07, 6.45) is 3.56. The predicted octanol–water partition coefficient (Wildman–Crippen LogP) is 5.14. The zero-order chi connectivity index (χ0) is 45.3. The monoisotopic (exact) mass is 862 g/mol. The lowest BCUT2D eigenvalue weighted by atomic mass is 9.93. The zero-order valence-corrected chi connectivity index (χ0v) is 36.1. The second kappa shape index (κ2) is 23.7. The number of hydrogen-bond acceptors (Lipinski definition) is 10. The molecule has 2 aliphatic rings. The lowest BCUT2D eigenvalue weighted by Crippen LogP contribution is -2.56. The molecule has 2 amide bonds.